The van der Waals surface area contributed by atoms with Crippen LogP contribution < -0.4 is 10.9 Å². The summed E-state index contributed by atoms with van der Waals surface area (Å²) < 4.78 is 0. The number of nitro benzene ring substituents is 1. The minimum Gasteiger partial charge on any atom is -0.279 e. The molecule has 0 atom stereocenters. The molecule has 0 fully saturated rings. The zero-order valence-corrected chi connectivity index (χ0v) is 14.3. The third-order valence-electron chi connectivity index (χ3n) is 3.60. The lowest BCUT2D eigenvalue weighted by Gasteiger charge is -2.02. The van der Waals surface area contributed by atoms with Gasteiger partial charge in [-0.05, 0) is 30.3 Å². The number of benzene rings is 3. The van der Waals surface area contributed by atoms with Gasteiger partial charge in [-0.2, -0.15) is 10.2 Å². The van der Waals surface area contributed by atoms with Gasteiger partial charge in [-0.15, -0.1) is 0 Å². The fourth-order valence-corrected chi connectivity index (χ4v) is 2.29. The topological polar surface area (TPSA) is 91.9 Å². The predicted molar refractivity (Wildman–Crippen MR) is 108 cm³/mol. The van der Waals surface area contributed by atoms with Crippen molar-refractivity contribution in [3.8, 4) is 0 Å². The Morgan fingerprint density at radius 2 is 1.33 bits per heavy atom. The first kappa shape index (κ1) is 17.8. The summed E-state index contributed by atoms with van der Waals surface area (Å²) >= 11 is 0. The molecule has 0 aliphatic rings. The summed E-state index contributed by atoms with van der Waals surface area (Å²) in [6.07, 6.45) is 2.96. The van der Waals surface area contributed by atoms with Gasteiger partial charge in [-0.3, -0.25) is 21.0 Å². The molecule has 0 aliphatic carbocycles. The van der Waals surface area contributed by atoms with Crippen LogP contribution in [0, 0.1) is 10.1 Å². The number of para-hydroxylation sites is 2. The van der Waals surface area contributed by atoms with Crippen LogP contribution in [-0.2, 0) is 0 Å². The van der Waals surface area contributed by atoms with E-state index in [9.17, 15) is 10.1 Å². The normalized spacial score (nSPS) is 11.0. The van der Waals surface area contributed by atoms with Crippen molar-refractivity contribution in [3.05, 3.63) is 100 Å². The molecule has 3 aromatic rings. The first-order valence-electron chi connectivity index (χ1n) is 8.19. The van der Waals surface area contributed by atoms with E-state index in [0.717, 1.165) is 11.4 Å². The van der Waals surface area contributed by atoms with Gasteiger partial charge in [0, 0.05) is 11.6 Å². The highest BCUT2D eigenvalue weighted by molar-refractivity contribution is 5.89. The number of hydrogen-bond donors (Lipinski definition) is 2. The summed E-state index contributed by atoms with van der Waals surface area (Å²) in [5.74, 6) is 0. The monoisotopic (exact) mass is 359 g/mol. The van der Waals surface area contributed by atoms with Crippen molar-refractivity contribution in [2.75, 3.05) is 10.9 Å². The van der Waals surface area contributed by atoms with Crippen molar-refractivity contribution in [2.24, 2.45) is 10.2 Å². The van der Waals surface area contributed by atoms with Crippen LogP contribution in [0.1, 0.15) is 11.1 Å². The standard InChI is InChI=1S/C20H17N5O2/c26-25(27)20-13-16(14-21-23-18-7-3-1-4-8-18)11-12-17(20)15-22-24-19-9-5-2-6-10-19/h1-15,23-24H/b21-14?,22-15-. The van der Waals surface area contributed by atoms with Gasteiger partial charge in [0.1, 0.15) is 0 Å². The van der Waals surface area contributed by atoms with Gasteiger partial charge in [0.15, 0.2) is 0 Å². The molecule has 0 radical (unpaired) electrons. The molecule has 134 valence electrons. The summed E-state index contributed by atoms with van der Waals surface area (Å²) in [5.41, 5.74) is 8.30. The average molecular weight is 359 g/mol. The summed E-state index contributed by atoms with van der Waals surface area (Å²) in [6.45, 7) is 0. The third-order valence-corrected chi connectivity index (χ3v) is 3.60. The maximum Gasteiger partial charge on any atom is 0.278 e. The van der Waals surface area contributed by atoms with E-state index < -0.39 is 4.92 Å². The fourth-order valence-electron chi connectivity index (χ4n) is 2.29. The second-order valence-electron chi connectivity index (χ2n) is 5.55. The van der Waals surface area contributed by atoms with Gasteiger partial charge in [-0.25, -0.2) is 0 Å². The Bertz CT molecular complexity index is 957. The lowest BCUT2D eigenvalue weighted by molar-refractivity contribution is -0.385. The molecule has 2 N–H and O–H groups in total. The van der Waals surface area contributed by atoms with Crippen LogP contribution in [0.2, 0.25) is 0 Å². The van der Waals surface area contributed by atoms with Crippen LogP contribution in [0.4, 0.5) is 17.1 Å². The molecule has 0 aromatic heterocycles. The Hall–Kier alpha value is -4.00. The van der Waals surface area contributed by atoms with Gasteiger partial charge in [0.2, 0.25) is 0 Å². The van der Waals surface area contributed by atoms with E-state index in [4.69, 9.17) is 0 Å². The molecule has 0 aliphatic heterocycles. The van der Waals surface area contributed by atoms with Crippen LogP contribution in [0.3, 0.4) is 0 Å². The van der Waals surface area contributed by atoms with Gasteiger partial charge in [0.05, 0.1) is 34.3 Å². The maximum absolute atomic E-state index is 11.4. The molecule has 0 bridgehead atoms. The van der Waals surface area contributed by atoms with E-state index in [2.05, 4.69) is 21.1 Å². The minimum atomic E-state index is -0.439. The Balaban J connectivity index is 1.71. The number of nitro groups is 1. The second-order valence-corrected chi connectivity index (χ2v) is 5.55. The van der Waals surface area contributed by atoms with Crippen LogP contribution >= 0.6 is 0 Å². The Labute approximate surface area is 156 Å². The summed E-state index contributed by atoms with van der Waals surface area (Å²) in [5, 5.41) is 19.5. The van der Waals surface area contributed by atoms with E-state index in [1.807, 2.05) is 60.7 Å². The van der Waals surface area contributed by atoms with Crippen molar-refractivity contribution in [1.82, 2.24) is 0 Å². The third kappa shape index (κ3) is 5.23. The molecule has 0 saturated carbocycles. The maximum atomic E-state index is 11.4. The van der Waals surface area contributed by atoms with Crippen molar-refractivity contribution in [3.63, 3.8) is 0 Å². The largest absolute Gasteiger partial charge is 0.279 e. The van der Waals surface area contributed by atoms with Crippen molar-refractivity contribution in [2.45, 2.75) is 0 Å². The quantitative estimate of drug-likeness (QED) is 0.369. The molecule has 0 amide bonds. The SMILES string of the molecule is O=[N+]([O-])c1cc(C=NNc2ccccc2)ccc1/C=N\Nc1ccccc1. The number of nitrogens with zero attached hydrogens (tertiary/aromatic N) is 3. The molecule has 0 spiro atoms. The molecule has 0 saturated heterocycles. The van der Waals surface area contributed by atoms with E-state index >= 15 is 0 Å². The minimum absolute atomic E-state index is 0.0442. The highest BCUT2D eigenvalue weighted by Gasteiger charge is 2.12. The van der Waals surface area contributed by atoms with Crippen molar-refractivity contribution < 1.29 is 4.92 Å². The summed E-state index contributed by atoms with van der Waals surface area (Å²) in [6, 6.07) is 23.6. The van der Waals surface area contributed by atoms with Gasteiger partial charge < -0.3 is 0 Å². The zero-order valence-electron chi connectivity index (χ0n) is 14.3. The molecule has 0 heterocycles. The van der Waals surface area contributed by atoms with Crippen molar-refractivity contribution >= 4 is 29.5 Å². The highest BCUT2D eigenvalue weighted by atomic mass is 16.6. The van der Waals surface area contributed by atoms with E-state index in [1.54, 1.807) is 12.1 Å². The molecule has 27 heavy (non-hydrogen) atoms. The van der Waals surface area contributed by atoms with Crippen LogP contribution in [-0.4, -0.2) is 17.4 Å². The molecule has 7 heteroatoms. The van der Waals surface area contributed by atoms with E-state index in [0.29, 0.717) is 11.1 Å². The predicted octanol–water partition coefficient (Wildman–Crippen LogP) is 4.49. The number of hydrogen-bond acceptors (Lipinski definition) is 6. The number of anilines is 2. The van der Waals surface area contributed by atoms with Crippen LogP contribution in [0.15, 0.2) is 89.1 Å². The van der Waals surface area contributed by atoms with Gasteiger partial charge in [-0.1, -0.05) is 42.5 Å². The number of rotatable bonds is 7. The van der Waals surface area contributed by atoms with Gasteiger partial charge in [0.25, 0.3) is 5.69 Å². The molecule has 3 rings (SSSR count). The zero-order chi connectivity index (χ0) is 18.9. The molecular weight excluding hydrogens is 342 g/mol. The lowest BCUT2D eigenvalue weighted by atomic mass is 10.1. The van der Waals surface area contributed by atoms with E-state index in [-0.39, 0.29) is 5.69 Å². The number of nitrogens with one attached hydrogen (secondary N) is 2. The second kappa shape index (κ2) is 8.91. The lowest BCUT2D eigenvalue weighted by Crippen LogP contribution is -1.98. The molecule has 3 aromatic carbocycles. The first-order valence-corrected chi connectivity index (χ1v) is 8.19. The van der Waals surface area contributed by atoms with Gasteiger partial charge >= 0.3 is 0 Å². The summed E-state index contributed by atoms with van der Waals surface area (Å²) in [4.78, 5) is 10.9. The molecular formula is C20H17N5O2. The Morgan fingerprint density at radius 1 is 0.778 bits per heavy atom. The van der Waals surface area contributed by atoms with Crippen LogP contribution in [0.5, 0.6) is 0 Å². The van der Waals surface area contributed by atoms with Crippen molar-refractivity contribution in [1.29, 1.82) is 0 Å². The summed E-state index contributed by atoms with van der Waals surface area (Å²) in [7, 11) is 0. The van der Waals surface area contributed by atoms with Crippen LogP contribution in [0.25, 0.3) is 0 Å². The molecule has 0 unspecified atom stereocenters. The highest BCUT2D eigenvalue weighted by Crippen LogP contribution is 2.18. The average Bonchev–Trinajstić information content (AvgIpc) is 2.70. The Morgan fingerprint density at radius 3 is 1.89 bits per heavy atom. The smallest absolute Gasteiger partial charge is 0.278 e. The first-order chi connectivity index (χ1) is 13.2. The number of hydrazone groups is 2. The fraction of sp³-hybridized carbons (Fsp3) is 0. The Kier molecular flexibility index (Phi) is 5.88. The molecule has 7 nitrogen and oxygen atoms in total. The van der Waals surface area contributed by atoms with E-state index in [1.165, 1.54) is 18.5 Å².